The van der Waals surface area contributed by atoms with E-state index in [0.29, 0.717) is 29.9 Å². The van der Waals surface area contributed by atoms with Crippen LogP contribution >= 0.6 is 0 Å². The highest BCUT2D eigenvalue weighted by molar-refractivity contribution is 5.73. The standard InChI is InChI=1S/C23H30N4O3/c1-26(7-8-28)22-20(14-24-27(22)19-5-3-2-4-6-19)30-23(29)25-21-17-10-15-9-16(12-17)13-18(21)11-15/h2-6,14-18,21,28H,7-13H2,1H3,(H,25,29). The molecule has 4 fully saturated rings. The maximum absolute atomic E-state index is 12.8. The van der Waals surface area contributed by atoms with E-state index in [1.807, 2.05) is 42.3 Å². The number of likely N-dealkylation sites (N-methyl/N-ethyl adjacent to an activating group) is 1. The maximum Gasteiger partial charge on any atom is 0.413 e. The number of aromatic nitrogens is 2. The number of nitrogens with zero attached hydrogens (tertiary/aromatic N) is 3. The fraction of sp³-hybridized carbons (Fsp3) is 0.565. The van der Waals surface area contributed by atoms with Crippen molar-refractivity contribution < 1.29 is 14.6 Å². The Hall–Kier alpha value is -2.54. The Morgan fingerprint density at radius 3 is 2.47 bits per heavy atom. The van der Waals surface area contributed by atoms with Gasteiger partial charge in [0.25, 0.3) is 0 Å². The number of aliphatic hydroxyl groups is 1. The third-order valence-corrected chi connectivity index (χ3v) is 7.22. The molecule has 7 heteroatoms. The fourth-order valence-corrected chi connectivity index (χ4v) is 6.19. The Labute approximate surface area is 177 Å². The number of hydrogen-bond acceptors (Lipinski definition) is 5. The van der Waals surface area contributed by atoms with Gasteiger partial charge < -0.3 is 20.1 Å². The van der Waals surface area contributed by atoms with Crippen molar-refractivity contribution in [3.63, 3.8) is 0 Å². The summed E-state index contributed by atoms with van der Waals surface area (Å²) in [5.74, 6) is 3.97. The molecular formula is C23H30N4O3. The van der Waals surface area contributed by atoms with Gasteiger partial charge in [-0.2, -0.15) is 5.10 Å². The van der Waals surface area contributed by atoms with Gasteiger partial charge in [-0.05, 0) is 67.9 Å². The number of ether oxygens (including phenoxy) is 1. The van der Waals surface area contributed by atoms with Crippen LogP contribution in [0.5, 0.6) is 5.75 Å². The zero-order chi connectivity index (χ0) is 20.7. The Morgan fingerprint density at radius 2 is 1.83 bits per heavy atom. The number of anilines is 1. The number of nitrogens with one attached hydrogen (secondary N) is 1. The lowest BCUT2D eigenvalue weighted by atomic mass is 9.54. The van der Waals surface area contributed by atoms with E-state index in [2.05, 4.69) is 10.4 Å². The number of hydrogen-bond donors (Lipinski definition) is 2. The van der Waals surface area contributed by atoms with Crippen molar-refractivity contribution in [1.29, 1.82) is 0 Å². The molecule has 0 radical (unpaired) electrons. The van der Waals surface area contributed by atoms with E-state index >= 15 is 0 Å². The molecule has 1 aromatic carbocycles. The van der Waals surface area contributed by atoms with Gasteiger partial charge in [0.1, 0.15) is 0 Å². The lowest BCUT2D eigenvalue weighted by Gasteiger charge is -2.54. The number of benzene rings is 1. The molecule has 4 saturated carbocycles. The minimum atomic E-state index is -0.404. The molecule has 1 aromatic heterocycles. The summed E-state index contributed by atoms with van der Waals surface area (Å²) in [6.45, 7) is 0.405. The van der Waals surface area contributed by atoms with Crippen LogP contribution in [0.15, 0.2) is 36.5 Å². The molecule has 2 N–H and O–H groups in total. The highest BCUT2D eigenvalue weighted by atomic mass is 16.6. The Bertz CT molecular complexity index is 869. The lowest BCUT2D eigenvalue weighted by Crippen LogP contribution is -2.56. The van der Waals surface area contributed by atoms with Gasteiger partial charge in [0.05, 0.1) is 18.5 Å². The highest BCUT2D eigenvalue weighted by Crippen LogP contribution is 2.53. The molecule has 6 rings (SSSR count). The summed E-state index contributed by atoms with van der Waals surface area (Å²) in [4.78, 5) is 14.7. The SMILES string of the molecule is CN(CCO)c1c(OC(=O)NC2C3CC4CC(C3)CC2C4)cnn1-c1ccccc1. The van der Waals surface area contributed by atoms with Gasteiger partial charge in [-0.25, -0.2) is 9.48 Å². The molecule has 30 heavy (non-hydrogen) atoms. The van der Waals surface area contributed by atoms with Crippen LogP contribution in [-0.4, -0.2) is 47.2 Å². The van der Waals surface area contributed by atoms with Crippen LogP contribution in [0.3, 0.4) is 0 Å². The van der Waals surface area contributed by atoms with Crippen molar-refractivity contribution in [2.24, 2.45) is 23.7 Å². The molecule has 0 spiro atoms. The molecule has 4 aliphatic carbocycles. The lowest BCUT2D eigenvalue weighted by molar-refractivity contribution is -0.0114. The first-order chi connectivity index (χ1) is 14.6. The summed E-state index contributed by atoms with van der Waals surface area (Å²) in [6.07, 6.45) is 7.54. The average molecular weight is 411 g/mol. The minimum Gasteiger partial charge on any atom is -0.405 e. The zero-order valence-corrected chi connectivity index (χ0v) is 17.4. The topological polar surface area (TPSA) is 79.6 Å². The zero-order valence-electron chi connectivity index (χ0n) is 17.4. The van der Waals surface area contributed by atoms with Crippen molar-refractivity contribution in [2.45, 2.75) is 38.1 Å². The average Bonchev–Trinajstić information content (AvgIpc) is 3.14. The number of rotatable bonds is 6. The van der Waals surface area contributed by atoms with E-state index in [9.17, 15) is 9.90 Å². The minimum absolute atomic E-state index is 0.00409. The van der Waals surface area contributed by atoms with Gasteiger partial charge in [-0.1, -0.05) is 18.2 Å². The van der Waals surface area contributed by atoms with Gasteiger partial charge in [-0.3, -0.25) is 0 Å². The highest BCUT2D eigenvalue weighted by Gasteiger charge is 2.48. The number of aliphatic hydroxyl groups excluding tert-OH is 1. The van der Waals surface area contributed by atoms with Crippen LogP contribution in [0.25, 0.3) is 5.69 Å². The predicted octanol–water partition coefficient (Wildman–Crippen LogP) is 3.21. The van der Waals surface area contributed by atoms with Crippen molar-refractivity contribution in [3.05, 3.63) is 36.5 Å². The molecule has 4 bridgehead atoms. The van der Waals surface area contributed by atoms with Gasteiger partial charge in [0, 0.05) is 19.6 Å². The Kier molecular flexibility index (Phi) is 5.15. The second kappa shape index (κ2) is 7.95. The molecule has 0 aliphatic heterocycles. The summed E-state index contributed by atoms with van der Waals surface area (Å²) in [5.41, 5.74) is 0.869. The van der Waals surface area contributed by atoms with Gasteiger partial charge in [-0.15, -0.1) is 0 Å². The van der Waals surface area contributed by atoms with Gasteiger partial charge in [0.2, 0.25) is 0 Å². The number of carbonyl (C=O) groups excluding carboxylic acids is 1. The first-order valence-electron chi connectivity index (χ1n) is 11.1. The molecule has 2 aromatic rings. The maximum atomic E-state index is 12.8. The summed E-state index contributed by atoms with van der Waals surface area (Å²) in [7, 11) is 1.86. The molecule has 0 unspecified atom stereocenters. The quantitative estimate of drug-likeness (QED) is 0.764. The molecule has 160 valence electrons. The first kappa shape index (κ1) is 19.4. The van der Waals surface area contributed by atoms with Crippen LogP contribution in [0.1, 0.15) is 32.1 Å². The summed E-state index contributed by atoms with van der Waals surface area (Å²) in [5, 5.41) is 17.1. The number of para-hydroxylation sites is 1. The number of amides is 1. The Balaban J connectivity index is 1.34. The third kappa shape index (κ3) is 3.55. The van der Waals surface area contributed by atoms with Crippen LogP contribution in [-0.2, 0) is 0 Å². The van der Waals surface area contributed by atoms with Crippen molar-refractivity contribution in [1.82, 2.24) is 15.1 Å². The fourth-order valence-electron chi connectivity index (χ4n) is 6.19. The molecular weight excluding hydrogens is 380 g/mol. The number of carbonyl (C=O) groups is 1. The molecule has 4 aliphatic rings. The largest absolute Gasteiger partial charge is 0.413 e. The van der Waals surface area contributed by atoms with Crippen LogP contribution in [0.2, 0.25) is 0 Å². The molecule has 0 saturated heterocycles. The predicted molar refractivity (Wildman–Crippen MR) is 114 cm³/mol. The monoisotopic (exact) mass is 410 g/mol. The van der Waals surface area contributed by atoms with E-state index in [4.69, 9.17) is 4.74 Å². The van der Waals surface area contributed by atoms with Crippen LogP contribution < -0.4 is 15.0 Å². The van der Waals surface area contributed by atoms with E-state index in [-0.39, 0.29) is 12.6 Å². The van der Waals surface area contributed by atoms with Gasteiger partial charge in [0.15, 0.2) is 11.6 Å². The van der Waals surface area contributed by atoms with Crippen molar-refractivity contribution in [3.8, 4) is 11.4 Å². The molecule has 7 nitrogen and oxygen atoms in total. The van der Waals surface area contributed by atoms with Crippen LogP contribution in [0.4, 0.5) is 10.6 Å². The van der Waals surface area contributed by atoms with E-state index in [1.54, 1.807) is 10.9 Å². The summed E-state index contributed by atoms with van der Waals surface area (Å²) < 4.78 is 7.50. The Morgan fingerprint density at radius 1 is 1.17 bits per heavy atom. The van der Waals surface area contributed by atoms with Crippen LogP contribution in [0, 0.1) is 23.7 Å². The van der Waals surface area contributed by atoms with Crippen molar-refractivity contribution in [2.75, 3.05) is 25.1 Å². The second-order valence-electron chi connectivity index (χ2n) is 9.22. The van der Waals surface area contributed by atoms with Crippen molar-refractivity contribution >= 4 is 11.9 Å². The smallest absolute Gasteiger partial charge is 0.405 e. The molecule has 1 amide bonds. The van der Waals surface area contributed by atoms with E-state index in [1.165, 1.54) is 32.1 Å². The summed E-state index contributed by atoms with van der Waals surface area (Å²) in [6, 6.07) is 9.94. The molecule has 1 heterocycles. The molecule has 0 atom stereocenters. The normalized spacial score (nSPS) is 29.1. The van der Waals surface area contributed by atoms with Gasteiger partial charge >= 0.3 is 6.09 Å². The third-order valence-electron chi connectivity index (χ3n) is 7.22. The van der Waals surface area contributed by atoms with E-state index < -0.39 is 6.09 Å². The van der Waals surface area contributed by atoms with E-state index in [0.717, 1.165) is 17.5 Å². The first-order valence-corrected chi connectivity index (χ1v) is 11.1. The second-order valence-corrected chi connectivity index (χ2v) is 9.22. The summed E-state index contributed by atoms with van der Waals surface area (Å²) >= 11 is 0.